The van der Waals surface area contributed by atoms with Crippen LogP contribution in [0.25, 0.3) is 10.9 Å². The van der Waals surface area contributed by atoms with Gasteiger partial charge in [-0.15, -0.1) is 5.10 Å². The summed E-state index contributed by atoms with van der Waals surface area (Å²) < 4.78 is 46.9. The molecule has 1 saturated heterocycles. The number of aryl methyl sites for hydroxylation is 1. The Morgan fingerprint density at radius 2 is 1.94 bits per heavy atom. The van der Waals surface area contributed by atoms with Gasteiger partial charge in [0, 0.05) is 42.8 Å². The summed E-state index contributed by atoms with van der Waals surface area (Å²) in [5.74, 6) is 0.299. The fourth-order valence-electron chi connectivity index (χ4n) is 4.31. The van der Waals surface area contributed by atoms with Crippen LogP contribution in [0.4, 0.5) is 30.4 Å². The number of benzene rings is 1. The number of ether oxygens (including phenoxy) is 1. The van der Waals surface area contributed by atoms with Crippen LogP contribution in [0.2, 0.25) is 0 Å². The Morgan fingerprint density at radius 1 is 1.21 bits per heavy atom. The predicted octanol–water partition coefficient (Wildman–Crippen LogP) is 4.88. The first-order chi connectivity index (χ1) is 16.2. The Bertz CT molecular complexity index is 1190. The highest BCUT2D eigenvalue weighted by molar-refractivity contribution is 5.92. The minimum atomic E-state index is -2.97. The van der Waals surface area contributed by atoms with Crippen LogP contribution in [0.1, 0.15) is 43.1 Å². The molecular weight excluding hydrogens is 445 g/mol. The number of nitrogens with one attached hydrogen (secondary N) is 1. The molecule has 3 N–H and O–H groups in total. The zero-order valence-corrected chi connectivity index (χ0v) is 19.6. The highest BCUT2D eigenvalue weighted by atomic mass is 19.3. The molecule has 0 radical (unpaired) electrons. The second-order valence-corrected chi connectivity index (χ2v) is 9.06. The molecule has 3 atom stereocenters. The van der Waals surface area contributed by atoms with Gasteiger partial charge >= 0.3 is 0 Å². The number of alkyl halides is 2. The molecule has 34 heavy (non-hydrogen) atoms. The molecule has 0 spiro atoms. The van der Waals surface area contributed by atoms with Gasteiger partial charge < -0.3 is 20.7 Å². The topological polar surface area (TPSA) is 89.2 Å². The Balaban J connectivity index is 1.66. The molecule has 4 rings (SSSR count). The van der Waals surface area contributed by atoms with Gasteiger partial charge in [-0.25, -0.2) is 13.2 Å². The van der Waals surface area contributed by atoms with Gasteiger partial charge in [0.15, 0.2) is 5.82 Å². The van der Waals surface area contributed by atoms with Crippen LogP contribution in [-0.4, -0.2) is 42.0 Å². The zero-order valence-electron chi connectivity index (χ0n) is 19.6. The average Bonchev–Trinajstić information content (AvgIpc) is 3.20. The molecule has 2 aromatic heterocycles. The summed E-state index contributed by atoms with van der Waals surface area (Å²) in [4.78, 5) is 6.72. The number of halogens is 3. The summed E-state index contributed by atoms with van der Waals surface area (Å²) in [6.07, 6.45) is -1.18. The molecule has 0 bridgehead atoms. The molecule has 7 nitrogen and oxygen atoms in total. The number of hydrogen-bond acceptors (Lipinski definition) is 7. The summed E-state index contributed by atoms with van der Waals surface area (Å²) >= 11 is 0. The fraction of sp³-hybridized carbons (Fsp3) is 0.458. The second-order valence-electron chi connectivity index (χ2n) is 9.06. The van der Waals surface area contributed by atoms with E-state index in [-0.39, 0.29) is 11.3 Å². The Morgan fingerprint density at radius 3 is 2.62 bits per heavy atom. The van der Waals surface area contributed by atoms with E-state index in [9.17, 15) is 13.2 Å². The lowest BCUT2D eigenvalue weighted by Crippen LogP contribution is -2.28. The third-order valence-corrected chi connectivity index (χ3v) is 6.44. The van der Waals surface area contributed by atoms with Crippen molar-refractivity contribution in [3.05, 3.63) is 47.0 Å². The molecule has 3 aromatic rings. The van der Waals surface area contributed by atoms with Crippen molar-refractivity contribution in [2.75, 3.05) is 42.8 Å². The minimum Gasteiger partial charge on any atom is -0.399 e. The Labute approximate surface area is 196 Å². The van der Waals surface area contributed by atoms with Crippen LogP contribution in [-0.2, 0) is 4.74 Å². The maximum Gasteiger partial charge on any atom is 0.266 e. The van der Waals surface area contributed by atoms with Gasteiger partial charge in [0.2, 0.25) is 0 Å². The second kappa shape index (κ2) is 9.61. The number of rotatable bonds is 7. The van der Waals surface area contributed by atoms with Crippen molar-refractivity contribution >= 4 is 28.1 Å². The first kappa shape index (κ1) is 24.0. The molecule has 0 amide bonds. The lowest BCUT2D eigenvalue weighted by molar-refractivity contribution is 0.146. The van der Waals surface area contributed by atoms with Crippen molar-refractivity contribution in [3.8, 4) is 0 Å². The Kier molecular flexibility index (Phi) is 6.79. The van der Waals surface area contributed by atoms with Crippen LogP contribution in [0.3, 0.4) is 0 Å². The SMILES string of the molecule is Cc1nnc(N[C@H](C)c2cc(N)cc(C(F)F)c2F)c2cc(N(C)C[C@@H]3COC[C@@H]3C)cnc12. The molecule has 182 valence electrons. The van der Waals surface area contributed by atoms with E-state index in [1.54, 1.807) is 13.1 Å². The van der Waals surface area contributed by atoms with Crippen molar-refractivity contribution in [2.24, 2.45) is 11.8 Å². The summed E-state index contributed by atoms with van der Waals surface area (Å²) in [6, 6.07) is 3.57. The first-order valence-corrected chi connectivity index (χ1v) is 11.2. The molecule has 1 fully saturated rings. The van der Waals surface area contributed by atoms with E-state index in [4.69, 9.17) is 10.5 Å². The van der Waals surface area contributed by atoms with E-state index < -0.39 is 23.8 Å². The van der Waals surface area contributed by atoms with Crippen LogP contribution >= 0.6 is 0 Å². The van der Waals surface area contributed by atoms with E-state index in [1.165, 1.54) is 6.07 Å². The number of anilines is 3. The van der Waals surface area contributed by atoms with Gasteiger partial charge in [0.1, 0.15) is 5.82 Å². The molecule has 0 saturated carbocycles. The third-order valence-electron chi connectivity index (χ3n) is 6.44. The number of nitrogen functional groups attached to an aromatic ring is 1. The monoisotopic (exact) mass is 474 g/mol. The van der Waals surface area contributed by atoms with Gasteiger partial charge in [-0.05, 0) is 38.0 Å². The summed E-state index contributed by atoms with van der Waals surface area (Å²) in [5, 5.41) is 12.2. The highest BCUT2D eigenvalue weighted by Gasteiger charge is 2.26. The fourth-order valence-corrected chi connectivity index (χ4v) is 4.31. The average molecular weight is 475 g/mol. The zero-order chi connectivity index (χ0) is 24.6. The largest absolute Gasteiger partial charge is 0.399 e. The van der Waals surface area contributed by atoms with Gasteiger partial charge in [-0.1, -0.05) is 6.92 Å². The summed E-state index contributed by atoms with van der Waals surface area (Å²) in [5.41, 5.74) is 7.33. The first-order valence-electron chi connectivity index (χ1n) is 11.2. The van der Waals surface area contributed by atoms with Crippen LogP contribution in [0.5, 0.6) is 0 Å². The number of hydrogen-bond donors (Lipinski definition) is 2. The number of aromatic nitrogens is 3. The number of nitrogens with zero attached hydrogens (tertiary/aromatic N) is 4. The maximum atomic E-state index is 14.8. The van der Waals surface area contributed by atoms with E-state index in [0.29, 0.717) is 34.3 Å². The van der Waals surface area contributed by atoms with E-state index >= 15 is 0 Å². The molecule has 10 heteroatoms. The van der Waals surface area contributed by atoms with Crippen molar-refractivity contribution < 1.29 is 17.9 Å². The number of pyridine rings is 1. The summed E-state index contributed by atoms with van der Waals surface area (Å²) in [7, 11) is 2.00. The smallest absolute Gasteiger partial charge is 0.266 e. The van der Waals surface area contributed by atoms with E-state index in [0.717, 1.165) is 31.5 Å². The maximum absolute atomic E-state index is 14.8. The van der Waals surface area contributed by atoms with E-state index in [1.807, 2.05) is 20.0 Å². The number of fused-ring (bicyclic) bond motifs is 1. The summed E-state index contributed by atoms with van der Waals surface area (Å²) in [6.45, 7) is 7.96. The standard InChI is InChI=1S/C24H29F3N6O/c1-12-10-34-11-15(12)9-33(4)17-7-20-22(29-8-17)14(3)31-32-24(20)30-13(2)18-5-16(28)6-19(21(18)25)23(26)27/h5-8,12-13,15,23H,9-11,28H2,1-4H3,(H,30,32)/t12-,13+,15+/m0/s1. The predicted molar refractivity (Wildman–Crippen MR) is 127 cm³/mol. The van der Waals surface area contributed by atoms with E-state index in [2.05, 4.69) is 32.3 Å². The van der Waals surface area contributed by atoms with Crippen LogP contribution in [0, 0.1) is 24.6 Å². The van der Waals surface area contributed by atoms with Gasteiger partial charge in [-0.3, -0.25) is 4.98 Å². The molecular formula is C24H29F3N6O. The molecule has 0 unspecified atom stereocenters. The lowest BCUT2D eigenvalue weighted by Gasteiger charge is -2.25. The lowest BCUT2D eigenvalue weighted by atomic mass is 9.97. The van der Waals surface area contributed by atoms with Crippen molar-refractivity contribution in [1.29, 1.82) is 0 Å². The van der Waals surface area contributed by atoms with Crippen LogP contribution < -0.4 is 16.0 Å². The van der Waals surface area contributed by atoms with Gasteiger partial charge in [0.25, 0.3) is 6.43 Å². The molecule has 1 aliphatic heterocycles. The van der Waals surface area contributed by atoms with Crippen LogP contribution in [0.15, 0.2) is 24.4 Å². The third kappa shape index (κ3) is 4.72. The molecule has 1 aromatic carbocycles. The highest BCUT2D eigenvalue weighted by Crippen LogP contribution is 2.33. The number of nitrogens with two attached hydrogens (primary N) is 1. The molecule has 3 heterocycles. The normalized spacial score (nSPS) is 19.1. The molecule has 0 aliphatic carbocycles. The Hall–Kier alpha value is -3.14. The van der Waals surface area contributed by atoms with Crippen molar-refractivity contribution in [3.63, 3.8) is 0 Å². The minimum absolute atomic E-state index is 0.0299. The van der Waals surface area contributed by atoms with Crippen molar-refractivity contribution in [1.82, 2.24) is 15.2 Å². The molecule has 1 aliphatic rings. The van der Waals surface area contributed by atoms with Gasteiger partial charge in [0.05, 0.1) is 41.3 Å². The quantitative estimate of drug-likeness (QED) is 0.472. The van der Waals surface area contributed by atoms with Crippen molar-refractivity contribution in [2.45, 2.75) is 33.2 Å². The van der Waals surface area contributed by atoms with Gasteiger partial charge in [-0.2, -0.15) is 5.10 Å².